The molecule has 0 atom stereocenters. The van der Waals surface area contributed by atoms with E-state index in [2.05, 4.69) is 20.9 Å². The van der Waals surface area contributed by atoms with E-state index in [4.69, 9.17) is 0 Å². The van der Waals surface area contributed by atoms with E-state index in [9.17, 15) is 14.0 Å². The second kappa shape index (κ2) is 4.89. The molecule has 0 saturated carbocycles. The van der Waals surface area contributed by atoms with Gasteiger partial charge in [0.15, 0.2) is 0 Å². The third kappa shape index (κ3) is 2.59. The minimum atomic E-state index is -0.521. The molecule has 0 unspecified atom stereocenters. The average molecular weight is 313 g/mol. The molecule has 94 valence electrons. The van der Waals surface area contributed by atoms with Gasteiger partial charge in [0.25, 0.3) is 5.56 Å². The quantitative estimate of drug-likeness (QED) is 0.919. The molecule has 0 amide bonds. The molecule has 4 nitrogen and oxygen atoms in total. The number of aromatic nitrogens is 2. The van der Waals surface area contributed by atoms with Gasteiger partial charge in [-0.15, -0.1) is 0 Å². The van der Waals surface area contributed by atoms with Gasteiger partial charge < -0.3 is 0 Å². The standard InChI is InChI=1S/C12H10BrFN2O2/c1-7-2-3-9(14)4-8(7)5-16-6-10(13)11(17)15-12(16)18/h2-4,6H,5H2,1H3,(H,15,17,18). The Kier molecular flexibility index (Phi) is 3.47. The van der Waals surface area contributed by atoms with Crippen LogP contribution in [0.15, 0.2) is 38.5 Å². The van der Waals surface area contributed by atoms with Crippen molar-refractivity contribution in [3.8, 4) is 0 Å². The molecule has 0 aliphatic carbocycles. The van der Waals surface area contributed by atoms with Crippen molar-refractivity contribution >= 4 is 15.9 Å². The van der Waals surface area contributed by atoms with E-state index in [1.54, 1.807) is 6.07 Å². The Morgan fingerprint density at radius 1 is 1.39 bits per heavy atom. The van der Waals surface area contributed by atoms with Crippen molar-refractivity contribution in [3.63, 3.8) is 0 Å². The van der Waals surface area contributed by atoms with E-state index in [0.29, 0.717) is 5.56 Å². The summed E-state index contributed by atoms with van der Waals surface area (Å²) in [7, 11) is 0. The molecule has 0 saturated heterocycles. The third-order valence-electron chi connectivity index (χ3n) is 2.62. The van der Waals surface area contributed by atoms with E-state index in [-0.39, 0.29) is 16.8 Å². The maximum Gasteiger partial charge on any atom is 0.328 e. The first kappa shape index (κ1) is 12.8. The molecular formula is C12H10BrFN2O2. The molecule has 0 aliphatic heterocycles. The van der Waals surface area contributed by atoms with Crippen LogP contribution in [0.4, 0.5) is 4.39 Å². The van der Waals surface area contributed by atoms with E-state index < -0.39 is 11.2 Å². The van der Waals surface area contributed by atoms with Crippen molar-refractivity contribution < 1.29 is 4.39 Å². The van der Waals surface area contributed by atoms with Crippen molar-refractivity contribution in [2.24, 2.45) is 0 Å². The largest absolute Gasteiger partial charge is 0.328 e. The Bertz CT molecular complexity index is 706. The molecule has 0 radical (unpaired) electrons. The lowest BCUT2D eigenvalue weighted by Gasteiger charge is -2.08. The van der Waals surface area contributed by atoms with Crippen LogP contribution in [-0.4, -0.2) is 9.55 Å². The van der Waals surface area contributed by atoms with E-state index in [1.165, 1.54) is 22.9 Å². The van der Waals surface area contributed by atoms with Gasteiger partial charge in [0, 0.05) is 6.20 Å². The molecule has 2 aromatic rings. The van der Waals surface area contributed by atoms with Gasteiger partial charge in [-0.3, -0.25) is 14.3 Å². The Balaban J connectivity index is 2.46. The van der Waals surface area contributed by atoms with Crippen LogP contribution < -0.4 is 11.2 Å². The van der Waals surface area contributed by atoms with Crippen LogP contribution in [0.3, 0.4) is 0 Å². The highest BCUT2D eigenvalue weighted by molar-refractivity contribution is 9.10. The highest BCUT2D eigenvalue weighted by Crippen LogP contribution is 2.11. The first-order chi connectivity index (χ1) is 8.47. The minimum absolute atomic E-state index is 0.206. The van der Waals surface area contributed by atoms with Crippen molar-refractivity contribution in [1.82, 2.24) is 9.55 Å². The minimum Gasteiger partial charge on any atom is -0.295 e. The summed E-state index contributed by atoms with van der Waals surface area (Å²) in [6, 6.07) is 4.39. The van der Waals surface area contributed by atoms with Crippen LogP contribution in [0.5, 0.6) is 0 Å². The van der Waals surface area contributed by atoms with Crippen molar-refractivity contribution in [2.45, 2.75) is 13.5 Å². The van der Waals surface area contributed by atoms with Crippen LogP contribution in [0, 0.1) is 12.7 Å². The smallest absolute Gasteiger partial charge is 0.295 e. The molecule has 1 aromatic heterocycles. The number of nitrogens with zero attached hydrogens (tertiary/aromatic N) is 1. The van der Waals surface area contributed by atoms with Gasteiger partial charge in [0.2, 0.25) is 0 Å². The number of hydrogen-bond donors (Lipinski definition) is 1. The maximum atomic E-state index is 13.1. The predicted octanol–water partition coefficient (Wildman–Crippen LogP) is 1.79. The van der Waals surface area contributed by atoms with Crippen LogP contribution in [0.25, 0.3) is 0 Å². The summed E-state index contributed by atoms with van der Waals surface area (Å²) in [6.45, 7) is 2.04. The number of halogens is 2. The molecule has 6 heteroatoms. The zero-order chi connectivity index (χ0) is 13.3. The zero-order valence-corrected chi connectivity index (χ0v) is 11.1. The molecule has 1 aromatic carbocycles. The second-order valence-electron chi connectivity index (χ2n) is 3.94. The third-order valence-corrected chi connectivity index (χ3v) is 3.18. The second-order valence-corrected chi connectivity index (χ2v) is 4.79. The van der Waals surface area contributed by atoms with Gasteiger partial charge in [-0.2, -0.15) is 0 Å². The summed E-state index contributed by atoms with van der Waals surface area (Å²) in [5, 5.41) is 0. The summed E-state index contributed by atoms with van der Waals surface area (Å²) < 4.78 is 14.7. The van der Waals surface area contributed by atoms with Crippen LogP contribution in [-0.2, 0) is 6.54 Å². The van der Waals surface area contributed by atoms with Crippen molar-refractivity contribution in [2.75, 3.05) is 0 Å². The topological polar surface area (TPSA) is 54.9 Å². The van der Waals surface area contributed by atoms with Crippen molar-refractivity contribution in [3.05, 3.63) is 66.7 Å². The predicted molar refractivity (Wildman–Crippen MR) is 69.3 cm³/mol. The first-order valence-electron chi connectivity index (χ1n) is 5.21. The van der Waals surface area contributed by atoms with Gasteiger partial charge >= 0.3 is 5.69 Å². The molecule has 18 heavy (non-hydrogen) atoms. The number of benzene rings is 1. The van der Waals surface area contributed by atoms with E-state index in [0.717, 1.165) is 5.56 Å². The number of hydrogen-bond acceptors (Lipinski definition) is 2. The Morgan fingerprint density at radius 3 is 2.83 bits per heavy atom. The van der Waals surface area contributed by atoms with Crippen LogP contribution in [0.2, 0.25) is 0 Å². The molecule has 0 fully saturated rings. The number of rotatable bonds is 2. The van der Waals surface area contributed by atoms with Gasteiger partial charge in [-0.25, -0.2) is 9.18 Å². The molecular weight excluding hydrogens is 303 g/mol. The van der Waals surface area contributed by atoms with Gasteiger partial charge in [0.1, 0.15) is 5.82 Å². The molecule has 0 aliphatic rings. The van der Waals surface area contributed by atoms with E-state index >= 15 is 0 Å². The fourth-order valence-corrected chi connectivity index (χ4v) is 1.94. The molecule has 1 N–H and O–H groups in total. The fraction of sp³-hybridized carbons (Fsp3) is 0.167. The number of H-pyrrole nitrogens is 1. The Hall–Kier alpha value is -1.69. The summed E-state index contributed by atoms with van der Waals surface area (Å²) >= 11 is 3.05. The summed E-state index contributed by atoms with van der Waals surface area (Å²) in [5.74, 6) is -0.355. The lowest BCUT2D eigenvalue weighted by Crippen LogP contribution is -2.30. The highest BCUT2D eigenvalue weighted by Gasteiger charge is 2.05. The summed E-state index contributed by atoms with van der Waals surface area (Å²) in [4.78, 5) is 24.9. The summed E-state index contributed by atoms with van der Waals surface area (Å²) in [5.41, 5.74) is 0.570. The Labute approximate surface area is 110 Å². The lowest BCUT2D eigenvalue weighted by molar-refractivity contribution is 0.620. The molecule has 1 heterocycles. The maximum absolute atomic E-state index is 13.1. The zero-order valence-electron chi connectivity index (χ0n) is 9.54. The number of nitrogens with one attached hydrogen (secondary N) is 1. The number of aromatic amines is 1. The van der Waals surface area contributed by atoms with Gasteiger partial charge in [0.05, 0.1) is 11.0 Å². The summed E-state index contributed by atoms with van der Waals surface area (Å²) in [6.07, 6.45) is 1.39. The fourth-order valence-electron chi connectivity index (χ4n) is 1.59. The molecule has 0 spiro atoms. The molecule has 2 rings (SSSR count). The normalized spacial score (nSPS) is 10.6. The van der Waals surface area contributed by atoms with Crippen LogP contribution in [0.1, 0.15) is 11.1 Å². The first-order valence-corrected chi connectivity index (χ1v) is 6.01. The SMILES string of the molecule is Cc1ccc(F)cc1Cn1cc(Br)c(=O)[nH]c1=O. The van der Waals surface area contributed by atoms with E-state index in [1.807, 2.05) is 6.92 Å². The Morgan fingerprint density at radius 2 is 2.11 bits per heavy atom. The van der Waals surface area contributed by atoms with Crippen molar-refractivity contribution in [1.29, 1.82) is 0 Å². The highest BCUT2D eigenvalue weighted by atomic mass is 79.9. The lowest BCUT2D eigenvalue weighted by atomic mass is 10.1. The number of aryl methyl sites for hydroxylation is 1. The average Bonchev–Trinajstić information content (AvgIpc) is 2.30. The van der Waals surface area contributed by atoms with Gasteiger partial charge in [-0.1, -0.05) is 6.07 Å². The van der Waals surface area contributed by atoms with Gasteiger partial charge in [-0.05, 0) is 46.1 Å². The molecule has 0 bridgehead atoms. The monoisotopic (exact) mass is 312 g/mol. The van der Waals surface area contributed by atoms with Crippen LogP contribution >= 0.6 is 15.9 Å².